The summed E-state index contributed by atoms with van der Waals surface area (Å²) in [6, 6.07) is 9.64. The van der Waals surface area contributed by atoms with Crippen LogP contribution in [0.5, 0.6) is 0 Å². The minimum absolute atomic E-state index is 0.0252. The van der Waals surface area contributed by atoms with Crippen molar-refractivity contribution in [2.45, 2.75) is 39.2 Å². The number of ketones is 1. The van der Waals surface area contributed by atoms with E-state index in [-0.39, 0.29) is 11.3 Å². The van der Waals surface area contributed by atoms with Crippen molar-refractivity contribution >= 4 is 5.78 Å². The van der Waals surface area contributed by atoms with Crippen LogP contribution in [0.4, 0.5) is 0 Å². The van der Waals surface area contributed by atoms with Crippen molar-refractivity contribution in [3.63, 3.8) is 0 Å². The molecule has 2 aliphatic rings. The number of hydrogen-bond donors (Lipinski definition) is 0. The Labute approximate surface area is 133 Å². The van der Waals surface area contributed by atoms with E-state index in [1.165, 1.54) is 5.70 Å². The molecule has 1 fully saturated rings. The highest BCUT2D eigenvalue weighted by Gasteiger charge is 2.41. The molecule has 0 N–H and O–H groups in total. The summed E-state index contributed by atoms with van der Waals surface area (Å²) in [6.45, 7) is 7.34. The second-order valence-electron chi connectivity index (χ2n) is 7.23. The Balaban J connectivity index is 1.88. The maximum Gasteiger partial charge on any atom is 0.182 e. The van der Waals surface area contributed by atoms with Crippen LogP contribution in [0.2, 0.25) is 0 Å². The molecule has 0 amide bonds. The predicted molar refractivity (Wildman–Crippen MR) is 90.7 cm³/mol. The summed E-state index contributed by atoms with van der Waals surface area (Å²) >= 11 is 0. The van der Waals surface area contributed by atoms with E-state index in [9.17, 15) is 4.79 Å². The molecule has 1 aromatic rings. The number of likely N-dealkylation sites (tertiary alicyclic amines) is 1. The summed E-state index contributed by atoms with van der Waals surface area (Å²) in [5.41, 5.74) is 2.17. The molecule has 2 heteroatoms. The van der Waals surface area contributed by atoms with Gasteiger partial charge in [-0.2, -0.15) is 0 Å². The van der Waals surface area contributed by atoms with E-state index >= 15 is 0 Å². The molecule has 1 heterocycles. The van der Waals surface area contributed by atoms with Crippen molar-refractivity contribution in [3.05, 3.63) is 59.8 Å². The second-order valence-corrected chi connectivity index (χ2v) is 7.23. The van der Waals surface area contributed by atoms with Crippen molar-refractivity contribution in [3.8, 4) is 0 Å². The molecule has 0 spiro atoms. The lowest BCUT2D eigenvalue weighted by Crippen LogP contribution is -2.53. The Morgan fingerprint density at radius 2 is 2.00 bits per heavy atom. The third kappa shape index (κ3) is 2.75. The summed E-state index contributed by atoms with van der Waals surface area (Å²) in [4.78, 5) is 15.0. The Hall–Kier alpha value is -1.83. The summed E-state index contributed by atoms with van der Waals surface area (Å²) in [6.07, 6.45) is 8.83. The average Bonchev–Trinajstić information content (AvgIpc) is 2.51. The summed E-state index contributed by atoms with van der Waals surface area (Å²) in [5.74, 6) is 1.42. The number of allylic oxidation sites excluding steroid dienone is 4. The summed E-state index contributed by atoms with van der Waals surface area (Å²) in [7, 11) is 0. The predicted octanol–water partition coefficient (Wildman–Crippen LogP) is 4.45. The van der Waals surface area contributed by atoms with Gasteiger partial charge in [0.05, 0.1) is 6.54 Å². The lowest BCUT2D eigenvalue weighted by molar-refractivity contribution is 0.0524. The number of hydrogen-bond acceptors (Lipinski definition) is 2. The van der Waals surface area contributed by atoms with Crippen LogP contribution in [0.25, 0.3) is 0 Å². The molecule has 1 aliphatic carbocycles. The molecule has 1 aliphatic heterocycles. The Morgan fingerprint density at radius 3 is 2.73 bits per heavy atom. The van der Waals surface area contributed by atoms with E-state index in [1.54, 1.807) is 0 Å². The maximum absolute atomic E-state index is 12.7. The van der Waals surface area contributed by atoms with E-state index in [1.807, 2.05) is 30.3 Å². The molecule has 116 valence electrons. The van der Waals surface area contributed by atoms with E-state index < -0.39 is 0 Å². The van der Waals surface area contributed by atoms with E-state index in [4.69, 9.17) is 0 Å². The maximum atomic E-state index is 12.7. The zero-order valence-electron chi connectivity index (χ0n) is 13.8. The molecule has 2 nitrogen and oxygen atoms in total. The fourth-order valence-electron chi connectivity index (χ4n) is 4.00. The van der Waals surface area contributed by atoms with Crippen LogP contribution in [-0.2, 0) is 0 Å². The average molecular weight is 295 g/mol. The minimum Gasteiger partial charge on any atom is -0.362 e. The van der Waals surface area contributed by atoms with Crippen LogP contribution < -0.4 is 0 Å². The first kappa shape index (κ1) is 15.1. The fourth-order valence-corrected chi connectivity index (χ4v) is 4.00. The number of nitrogens with zero attached hydrogens (tertiary/aromatic N) is 1. The topological polar surface area (TPSA) is 20.3 Å². The molecule has 22 heavy (non-hydrogen) atoms. The van der Waals surface area contributed by atoms with Gasteiger partial charge in [0.15, 0.2) is 5.78 Å². The van der Waals surface area contributed by atoms with Gasteiger partial charge in [-0.1, -0.05) is 49.4 Å². The van der Waals surface area contributed by atoms with Crippen LogP contribution in [-0.4, -0.2) is 22.8 Å². The van der Waals surface area contributed by atoms with Gasteiger partial charge in [0.25, 0.3) is 0 Å². The number of carbonyl (C=O) groups is 1. The Kier molecular flexibility index (Phi) is 3.94. The van der Waals surface area contributed by atoms with Crippen LogP contribution in [0.15, 0.2) is 54.3 Å². The normalized spacial score (nSPS) is 26.3. The van der Waals surface area contributed by atoms with E-state index in [2.05, 4.69) is 43.9 Å². The number of benzene rings is 1. The number of piperidine rings is 1. The van der Waals surface area contributed by atoms with Crippen molar-refractivity contribution < 1.29 is 4.79 Å². The first-order valence-corrected chi connectivity index (χ1v) is 8.21. The minimum atomic E-state index is 0.0252. The van der Waals surface area contributed by atoms with Gasteiger partial charge in [-0.25, -0.2) is 0 Å². The molecular weight excluding hydrogens is 270 g/mol. The van der Waals surface area contributed by atoms with Crippen molar-refractivity contribution in [2.75, 3.05) is 6.54 Å². The van der Waals surface area contributed by atoms with Gasteiger partial charge < -0.3 is 4.90 Å². The molecular formula is C20H25NO. The molecule has 0 saturated carbocycles. The van der Waals surface area contributed by atoms with Gasteiger partial charge in [0, 0.05) is 22.7 Å². The lowest BCUT2D eigenvalue weighted by atomic mass is 9.72. The summed E-state index contributed by atoms with van der Waals surface area (Å²) < 4.78 is 0. The highest BCUT2D eigenvalue weighted by molar-refractivity contribution is 5.97. The van der Waals surface area contributed by atoms with E-state index in [0.717, 1.165) is 18.4 Å². The largest absolute Gasteiger partial charge is 0.362 e. The molecule has 1 aromatic carbocycles. The number of carbonyl (C=O) groups excluding carboxylic acids is 1. The third-order valence-corrected chi connectivity index (χ3v) is 5.12. The molecule has 0 aromatic heterocycles. The van der Waals surface area contributed by atoms with Gasteiger partial charge in [0.2, 0.25) is 0 Å². The molecule has 2 unspecified atom stereocenters. The van der Waals surface area contributed by atoms with Gasteiger partial charge in [0.1, 0.15) is 0 Å². The third-order valence-electron chi connectivity index (χ3n) is 5.12. The highest BCUT2D eigenvalue weighted by atomic mass is 16.1. The zero-order valence-corrected chi connectivity index (χ0v) is 13.8. The quantitative estimate of drug-likeness (QED) is 0.768. The SMILES string of the molecule is CC1CC(C)(C)N(CC(=O)c2ccccc2)C2=CC=CCC21. The number of fused-ring (bicyclic) bond motifs is 1. The van der Waals surface area contributed by atoms with Crippen molar-refractivity contribution in [1.82, 2.24) is 4.90 Å². The molecule has 1 saturated heterocycles. The number of rotatable bonds is 3. The molecule has 0 radical (unpaired) electrons. The first-order valence-electron chi connectivity index (χ1n) is 8.21. The Morgan fingerprint density at radius 1 is 1.27 bits per heavy atom. The van der Waals surface area contributed by atoms with Crippen LogP contribution in [0.3, 0.4) is 0 Å². The van der Waals surface area contributed by atoms with Gasteiger partial charge in [-0.15, -0.1) is 0 Å². The number of Topliss-reactive ketones (excluding diaryl/α,β-unsaturated/α-hetero) is 1. The van der Waals surface area contributed by atoms with Crippen LogP contribution in [0.1, 0.15) is 44.0 Å². The van der Waals surface area contributed by atoms with Crippen molar-refractivity contribution in [1.29, 1.82) is 0 Å². The zero-order chi connectivity index (χ0) is 15.7. The molecule has 2 atom stereocenters. The molecule has 0 bridgehead atoms. The Bertz CT molecular complexity index is 612. The standard InChI is InChI=1S/C20H25NO/c1-15-13-20(2,3)21(18-12-8-7-11-17(15)18)14-19(22)16-9-5-4-6-10-16/h4-10,12,15,17H,11,13-14H2,1-3H3. The van der Waals surface area contributed by atoms with Crippen LogP contribution >= 0.6 is 0 Å². The van der Waals surface area contributed by atoms with Gasteiger partial charge in [-0.3, -0.25) is 4.79 Å². The fraction of sp³-hybridized carbons (Fsp3) is 0.450. The summed E-state index contributed by atoms with van der Waals surface area (Å²) in [5, 5.41) is 0. The van der Waals surface area contributed by atoms with Crippen molar-refractivity contribution in [2.24, 2.45) is 11.8 Å². The second kappa shape index (κ2) is 5.75. The lowest BCUT2D eigenvalue weighted by Gasteiger charge is -2.52. The van der Waals surface area contributed by atoms with E-state index in [0.29, 0.717) is 18.4 Å². The monoisotopic (exact) mass is 295 g/mol. The van der Waals surface area contributed by atoms with Crippen LogP contribution in [0, 0.1) is 11.8 Å². The first-order chi connectivity index (χ1) is 10.5. The smallest absolute Gasteiger partial charge is 0.182 e. The highest BCUT2D eigenvalue weighted by Crippen LogP contribution is 2.44. The van der Waals surface area contributed by atoms with Gasteiger partial charge in [-0.05, 0) is 38.7 Å². The van der Waals surface area contributed by atoms with Gasteiger partial charge >= 0.3 is 0 Å². The molecule has 3 rings (SSSR count).